The molecule has 1 amide bonds. The average molecular weight is 211 g/mol. The summed E-state index contributed by atoms with van der Waals surface area (Å²) in [5, 5.41) is 7.14. The molecule has 9 nitrogen and oxygen atoms in total. The highest BCUT2D eigenvalue weighted by Crippen LogP contribution is 2.00. The summed E-state index contributed by atoms with van der Waals surface area (Å²) in [5.74, 6) is -0.741. The van der Waals surface area contributed by atoms with Crippen molar-refractivity contribution in [2.75, 3.05) is 0 Å². The van der Waals surface area contributed by atoms with Crippen LogP contribution in [0.15, 0.2) is 11.1 Å². The first kappa shape index (κ1) is 10.8. The van der Waals surface area contributed by atoms with Crippen LogP contribution in [0.4, 0.5) is 0 Å². The van der Waals surface area contributed by atoms with E-state index >= 15 is 0 Å². The van der Waals surface area contributed by atoms with E-state index in [9.17, 15) is 9.59 Å². The van der Waals surface area contributed by atoms with Gasteiger partial charge in [0.2, 0.25) is 0 Å². The molecule has 80 valence electrons. The number of aromatic nitrogens is 5. The predicted molar refractivity (Wildman–Crippen MR) is 49.6 cm³/mol. The summed E-state index contributed by atoms with van der Waals surface area (Å²) in [6.45, 7) is 0. The molecule has 0 spiro atoms. The van der Waals surface area contributed by atoms with Gasteiger partial charge in [0.05, 0.1) is 0 Å². The number of nitrogens with zero attached hydrogens (tertiary/aromatic N) is 5. The Bertz CT molecular complexity index is 568. The zero-order valence-electron chi connectivity index (χ0n) is 7.91. The molecule has 0 aliphatic rings. The van der Waals surface area contributed by atoms with Crippen molar-refractivity contribution in [3.8, 4) is 0 Å². The Labute approximate surface area is 83.1 Å². The zero-order valence-corrected chi connectivity index (χ0v) is 7.91. The number of hydrogen-bond acceptors (Lipinski definition) is 6. The van der Waals surface area contributed by atoms with E-state index in [2.05, 4.69) is 15.3 Å². The quantitative estimate of drug-likeness (QED) is 0.562. The van der Waals surface area contributed by atoms with Gasteiger partial charge in [0.15, 0.2) is 11.3 Å². The van der Waals surface area contributed by atoms with E-state index in [0.29, 0.717) is 0 Å². The molecule has 9 heteroatoms. The summed E-state index contributed by atoms with van der Waals surface area (Å²) in [5.41, 5.74) is 4.60. The summed E-state index contributed by atoms with van der Waals surface area (Å²) in [7, 11) is 1.44. The normalized spacial score (nSPS) is 9.93. The van der Waals surface area contributed by atoms with Crippen LogP contribution in [0.1, 0.15) is 10.5 Å². The molecule has 0 saturated heterocycles. The van der Waals surface area contributed by atoms with Crippen molar-refractivity contribution in [3.05, 3.63) is 22.5 Å². The second-order valence-corrected chi connectivity index (χ2v) is 2.65. The molecule has 0 radical (unpaired) electrons. The lowest BCUT2D eigenvalue weighted by Gasteiger charge is -1.95. The van der Waals surface area contributed by atoms with Crippen molar-refractivity contribution in [2.24, 2.45) is 12.8 Å². The highest BCUT2D eigenvalue weighted by Gasteiger charge is 2.13. The first-order chi connectivity index (χ1) is 6.61. The molecular weight excluding hydrogens is 202 g/mol. The molecule has 0 aromatic carbocycles. The molecule has 0 fully saturated rings. The molecule has 2 heterocycles. The van der Waals surface area contributed by atoms with Gasteiger partial charge in [-0.3, -0.25) is 4.79 Å². The van der Waals surface area contributed by atoms with Crippen molar-refractivity contribution in [1.82, 2.24) is 30.5 Å². The standard InChI is InChI=1S/C6H6N6O2.H3N/c1-11-6(14)12-2-8-3(4(7)13)5(12)9-10-11;/h2H,1H3,(H2,7,13);1H3. The summed E-state index contributed by atoms with van der Waals surface area (Å²) in [6, 6.07) is 0. The number of primary amides is 1. The zero-order chi connectivity index (χ0) is 10.3. The van der Waals surface area contributed by atoms with Crippen LogP contribution in [0.3, 0.4) is 0 Å². The SMILES string of the molecule is Cn1nnc2c(C(N)=O)ncn2c1=O.N. The van der Waals surface area contributed by atoms with Gasteiger partial charge in [-0.15, -0.1) is 5.10 Å². The monoisotopic (exact) mass is 211 g/mol. The Balaban J connectivity index is 0.00000112. The first-order valence-electron chi connectivity index (χ1n) is 3.68. The fraction of sp³-hybridized carbons (Fsp3) is 0.167. The van der Waals surface area contributed by atoms with Crippen molar-refractivity contribution in [3.63, 3.8) is 0 Å². The van der Waals surface area contributed by atoms with Gasteiger partial charge in [0, 0.05) is 7.05 Å². The van der Waals surface area contributed by atoms with E-state index in [4.69, 9.17) is 5.73 Å². The van der Waals surface area contributed by atoms with Gasteiger partial charge in [-0.2, -0.15) is 4.68 Å². The number of amides is 1. The summed E-state index contributed by atoms with van der Waals surface area (Å²) in [6.07, 6.45) is 1.19. The van der Waals surface area contributed by atoms with Crippen LogP contribution in [0.2, 0.25) is 0 Å². The molecule has 2 aromatic heterocycles. The molecular formula is C6H9N7O2. The number of imidazole rings is 1. The molecule has 2 rings (SSSR count). The van der Waals surface area contributed by atoms with Crippen molar-refractivity contribution in [1.29, 1.82) is 0 Å². The highest BCUT2D eigenvalue weighted by molar-refractivity contribution is 5.96. The summed E-state index contributed by atoms with van der Waals surface area (Å²) in [4.78, 5) is 25.9. The molecule has 0 saturated carbocycles. The molecule has 0 aliphatic carbocycles. The third kappa shape index (κ3) is 1.44. The molecule has 0 bridgehead atoms. The van der Waals surface area contributed by atoms with Crippen LogP contribution in [-0.2, 0) is 7.05 Å². The van der Waals surface area contributed by atoms with Gasteiger partial charge in [-0.1, -0.05) is 5.21 Å². The van der Waals surface area contributed by atoms with Gasteiger partial charge in [-0.05, 0) is 0 Å². The van der Waals surface area contributed by atoms with Crippen molar-refractivity contribution in [2.45, 2.75) is 0 Å². The van der Waals surface area contributed by atoms with Crippen molar-refractivity contribution < 1.29 is 4.79 Å². The lowest BCUT2D eigenvalue weighted by atomic mass is 10.4. The number of rotatable bonds is 1. The largest absolute Gasteiger partial charge is 0.364 e. The van der Waals surface area contributed by atoms with Crippen LogP contribution in [0.25, 0.3) is 5.65 Å². The summed E-state index contributed by atoms with van der Waals surface area (Å²) < 4.78 is 2.13. The number of carbonyl (C=O) groups is 1. The third-order valence-corrected chi connectivity index (χ3v) is 1.73. The number of hydrogen-bond donors (Lipinski definition) is 2. The fourth-order valence-electron chi connectivity index (χ4n) is 1.05. The second kappa shape index (κ2) is 3.46. The number of nitrogens with two attached hydrogens (primary N) is 1. The lowest BCUT2D eigenvalue weighted by molar-refractivity contribution is 0.0997. The van der Waals surface area contributed by atoms with E-state index in [-0.39, 0.29) is 17.5 Å². The third-order valence-electron chi connectivity index (χ3n) is 1.73. The van der Waals surface area contributed by atoms with E-state index in [1.165, 1.54) is 13.4 Å². The Kier molecular flexibility index (Phi) is 2.49. The fourth-order valence-corrected chi connectivity index (χ4v) is 1.05. The highest BCUT2D eigenvalue weighted by atomic mass is 16.2. The molecule has 0 unspecified atom stereocenters. The molecule has 15 heavy (non-hydrogen) atoms. The van der Waals surface area contributed by atoms with Crippen LogP contribution < -0.4 is 17.6 Å². The van der Waals surface area contributed by atoms with Gasteiger partial charge < -0.3 is 11.9 Å². The Morgan fingerprint density at radius 1 is 1.53 bits per heavy atom. The van der Waals surface area contributed by atoms with Gasteiger partial charge in [0.1, 0.15) is 6.33 Å². The van der Waals surface area contributed by atoms with Crippen LogP contribution in [0, 0.1) is 0 Å². The van der Waals surface area contributed by atoms with E-state index in [1.807, 2.05) is 0 Å². The Morgan fingerprint density at radius 3 is 2.80 bits per heavy atom. The second-order valence-electron chi connectivity index (χ2n) is 2.65. The van der Waals surface area contributed by atoms with Crippen LogP contribution in [0.5, 0.6) is 0 Å². The minimum atomic E-state index is -0.741. The Hall–Kier alpha value is -2.29. The number of aryl methyl sites for hydroxylation is 1. The van der Waals surface area contributed by atoms with Crippen molar-refractivity contribution >= 4 is 11.6 Å². The molecule has 5 N–H and O–H groups in total. The van der Waals surface area contributed by atoms with E-state index < -0.39 is 11.6 Å². The minimum absolute atomic E-state index is 0. The summed E-state index contributed by atoms with van der Waals surface area (Å²) >= 11 is 0. The maximum atomic E-state index is 11.4. The average Bonchev–Trinajstić information content (AvgIpc) is 2.55. The van der Waals surface area contributed by atoms with Gasteiger partial charge in [-0.25, -0.2) is 14.2 Å². The smallest absolute Gasteiger partial charge is 0.352 e. The topological polar surface area (TPSA) is 143 Å². The number of fused-ring (bicyclic) bond motifs is 1. The maximum absolute atomic E-state index is 11.4. The van der Waals surface area contributed by atoms with Crippen LogP contribution in [-0.4, -0.2) is 30.3 Å². The number of carbonyl (C=O) groups excluding carboxylic acids is 1. The lowest BCUT2D eigenvalue weighted by Crippen LogP contribution is -2.27. The Morgan fingerprint density at radius 2 is 2.20 bits per heavy atom. The van der Waals surface area contributed by atoms with Gasteiger partial charge in [0.25, 0.3) is 5.91 Å². The van der Waals surface area contributed by atoms with Gasteiger partial charge >= 0.3 is 5.69 Å². The van der Waals surface area contributed by atoms with Crippen LogP contribution >= 0.6 is 0 Å². The van der Waals surface area contributed by atoms with E-state index in [1.54, 1.807) is 0 Å². The molecule has 0 aliphatic heterocycles. The first-order valence-corrected chi connectivity index (χ1v) is 3.68. The molecule has 0 atom stereocenters. The predicted octanol–water partition coefficient (Wildman–Crippen LogP) is -1.92. The van der Waals surface area contributed by atoms with E-state index in [0.717, 1.165) is 9.08 Å². The maximum Gasteiger partial charge on any atom is 0.352 e. The molecule has 2 aromatic rings. The minimum Gasteiger partial charge on any atom is -0.364 e.